The van der Waals surface area contributed by atoms with Gasteiger partial charge in [0.15, 0.2) is 11.5 Å². The highest BCUT2D eigenvalue weighted by Gasteiger charge is 2.62. The summed E-state index contributed by atoms with van der Waals surface area (Å²) in [6.45, 7) is 7.55. The SMILES string of the molecule is C[C@@H](CCC(=O)Nc1ccc2c(c1)OCO2)[C@@H]1CC[C@@H]2[C@H]3[C@H](O)C[C@H]4C[C@@H](O)CC[C@@]4(C)[C@@H]3CC[C@]21C. The fourth-order valence-electron chi connectivity index (χ4n) is 9.93. The van der Waals surface area contributed by atoms with Crippen LogP contribution < -0.4 is 14.8 Å². The Bertz CT molecular complexity index is 1030. The van der Waals surface area contributed by atoms with E-state index >= 15 is 0 Å². The third-order valence-electron chi connectivity index (χ3n) is 11.9. The first-order chi connectivity index (χ1) is 17.7. The molecule has 10 atom stereocenters. The molecule has 4 aliphatic carbocycles. The van der Waals surface area contributed by atoms with E-state index in [4.69, 9.17) is 9.47 Å². The Labute approximate surface area is 221 Å². The lowest BCUT2D eigenvalue weighted by atomic mass is 9.43. The van der Waals surface area contributed by atoms with Gasteiger partial charge in [0.05, 0.1) is 12.2 Å². The van der Waals surface area contributed by atoms with E-state index < -0.39 is 0 Å². The lowest BCUT2D eigenvalue weighted by Crippen LogP contribution is -2.58. The van der Waals surface area contributed by atoms with E-state index in [1.807, 2.05) is 18.2 Å². The topological polar surface area (TPSA) is 88.0 Å². The third-order valence-corrected chi connectivity index (χ3v) is 11.9. The Morgan fingerprint density at radius 3 is 2.62 bits per heavy atom. The largest absolute Gasteiger partial charge is 0.454 e. The quantitative estimate of drug-likeness (QED) is 0.468. The summed E-state index contributed by atoms with van der Waals surface area (Å²) in [5.41, 5.74) is 1.26. The minimum absolute atomic E-state index is 0.0512. The van der Waals surface area contributed by atoms with Gasteiger partial charge < -0.3 is 25.0 Å². The van der Waals surface area contributed by atoms with Crippen molar-refractivity contribution < 1.29 is 24.5 Å². The minimum Gasteiger partial charge on any atom is -0.454 e. The smallest absolute Gasteiger partial charge is 0.231 e. The van der Waals surface area contributed by atoms with Gasteiger partial charge in [-0.25, -0.2) is 0 Å². The molecule has 3 N–H and O–H groups in total. The van der Waals surface area contributed by atoms with Crippen LogP contribution in [0.5, 0.6) is 11.5 Å². The molecule has 5 aliphatic rings. The van der Waals surface area contributed by atoms with Crippen molar-refractivity contribution >= 4 is 11.6 Å². The second-order valence-corrected chi connectivity index (χ2v) is 13.6. The van der Waals surface area contributed by atoms with Gasteiger partial charge in [0, 0.05) is 18.2 Å². The molecule has 0 spiro atoms. The van der Waals surface area contributed by atoms with Crippen LogP contribution in [0.3, 0.4) is 0 Å². The predicted octanol–water partition coefficient (Wildman–Crippen LogP) is 5.76. The number of anilines is 1. The molecule has 0 aromatic heterocycles. The summed E-state index contributed by atoms with van der Waals surface area (Å²) in [5, 5.41) is 24.8. The zero-order chi connectivity index (χ0) is 25.9. The zero-order valence-corrected chi connectivity index (χ0v) is 22.7. The first-order valence-corrected chi connectivity index (χ1v) is 14.7. The Balaban J connectivity index is 1.09. The molecular weight excluding hydrogens is 466 g/mol. The highest BCUT2D eigenvalue weighted by Crippen LogP contribution is 2.68. The van der Waals surface area contributed by atoms with Crippen LogP contribution in [0.1, 0.15) is 85.0 Å². The van der Waals surface area contributed by atoms with Gasteiger partial charge in [0.2, 0.25) is 12.7 Å². The first kappa shape index (κ1) is 25.5. The molecule has 1 aliphatic heterocycles. The Hall–Kier alpha value is -1.79. The number of carbonyl (C=O) groups is 1. The second-order valence-electron chi connectivity index (χ2n) is 13.6. The van der Waals surface area contributed by atoms with Crippen molar-refractivity contribution in [1.29, 1.82) is 0 Å². The molecule has 1 aromatic carbocycles. The molecule has 37 heavy (non-hydrogen) atoms. The summed E-state index contributed by atoms with van der Waals surface area (Å²) in [6, 6.07) is 5.54. The van der Waals surface area contributed by atoms with Gasteiger partial charge in [-0.15, -0.1) is 0 Å². The summed E-state index contributed by atoms with van der Waals surface area (Å²) in [4.78, 5) is 12.8. The van der Waals surface area contributed by atoms with Gasteiger partial charge in [-0.3, -0.25) is 4.79 Å². The van der Waals surface area contributed by atoms with Gasteiger partial charge in [0.25, 0.3) is 0 Å². The van der Waals surface area contributed by atoms with E-state index in [0.717, 1.165) is 43.5 Å². The molecule has 0 radical (unpaired) electrons. The lowest BCUT2D eigenvalue weighted by Gasteiger charge is -2.62. The molecular formula is C31H45NO5. The maximum absolute atomic E-state index is 12.8. The monoisotopic (exact) mass is 511 g/mol. The number of nitrogens with one attached hydrogen (secondary N) is 1. The number of hydrogen-bond donors (Lipinski definition) is 3. The number of benzene rings is 1. The third kappa shape index (κ3) is 4.27. The number of aliphatic hydroxyl groups excluding tert-OH is 2. The van der Waals surface area contributed by atoms with E-state index in [-0.39, 0.29) is 35.7 Å². The number of ether oxygens (including phenoxy) is 2. The maximum atomic E-state index is 12.8. The van der Waals surface area contributed by atoms with Gasteiger partial charge in [-0.05, 0) is 116 Å². The van der Waals surface area contributed by atoms with Crippen molar-refractivity contribution in [2.75, 3.05) is 12.1 Å². The molecule has 4 saturated carbocycles. The van der Waals surface area contributed by atoms with Crippen LogP contribution in [0.15, 0.2) is 18.2 Å². The van der Waals surface area contributed by atoms with Crippen LogP contribution >= 0.6 is 0 Å². The highest BCUT2D eigenvalue weighted by molar-refractivity contribution is 5.91. The van der Waals surface area contributed by atoms with Gasteiger partial charge in [-0.2, -0.15) is 0 Å². The van der Waals surface area contributed by atoms with Crippen LogP contribution in [-0.2, 0) is 4.79 Å². The molecule has 6 rings (SSSR count). The summed E-state index contributed by atoms with van der Waals surface area (Å²) in [6.07, 6.45) is 9.58. The van der Waals surface area contributed by atoms with E-state index in [2.05, 4.69) is 26.1 Å². The van der Waals surface area contributed by atoms with Gasteiger partial charge >= 0.3 is 0 Å². The number of carbonyl (C=O) groups excluding carboxylic acids is 1. The van der Waals surface area contributed by atoms with Crippen LogP contribution in [-0.4, -0.2) is 35.1 Å². The Morgan fingerprint density at radius 2 is 1.78 bits per heavy atom. The molecule has 1 aromatic rings. The van der Waals surface area contributed by atoms with Gasteiger partial charge in [-0.1, -0.05) is 20.8 Å². The van der Waals surface area contributed by atoms with Crippen LogP contribution in [0.2, 0.25) is 0 Å². The predicted molar refractivity (Wildman–Crippen MR) is 142 cm³/mol. The summed E-state index contributed by atoms with van der Waals surface area (Å²) in [5.74, 6) is 4.52. The van der Waals surface area contributed by atoms with Crippen molar-refractivity contribution in [2.24, 2.45) is 46.3 Å². The van der Waals surface area contributed by atoms with Crippen LogP contribution in [0.4, 0.5) is 5.69 Å². The molecule has 6 nitrogen and oxygen atoms in total. The van der Waals surface area contributed by atoms with Crippen LogP contribution in [0, 0.1) is 46.3 Å². The summed E-state index contributed by atoms with van der Waals surface area (Å²) < 4.78 is 10.8. The number of amides is 1. The summed E-state index contributed by atoms with van der Waals surface area (Å²) >= 11 is 0. The molecule has 0 bridgehead atoms. The molecule has 0 unspecified atom stereocenters. The van der Waals surface area contributed by atoms with E-state index in [9.17, 15) is 15.0 Å². The number of aliphatic hydroxyl groups is 2. The Morgan fingerprint density at radius 1 is 1.03 bits per heavy atom. The lowest BCUT2D eigenvalue weighted by molar-refractivity contribution is -0.174. The van der Waals surface area contributed by atoms with Crippen molar-refractivity contribution in [1.82, 2.24) is 0 Å². The van der Waals surface area contributed by atoms with Crippen molar-refractivity contribution in [3.05, 3.63) is 18.2 Å². The molecule has 1 heterocycles. The second kappa shape index (κ2) is 9.44. The maximum Gasteiger partial charge on any atom is 0.231 e. The van der Waals surface area contributed by atoms with E-state index in [1.54, 1.807) is 0 Å². The highest BCUT2D eigenvalue weighted by atomic mass is 16.7. The van der Waals surface area contributed by atoms with Crippen LogP contribution in [0.25, 0.3) is 0 Å². The van der Waals surface area contributed by atoms with Crippen molar-refractivity contribution in [3.8, 4) is 11.5 Å². The number of hydrogen-bond acceptors (Lipinski definition) is 5. The summed E-state index contributed by atoms with van der Waals surface area (Å²) in [7, 11) is 0. The fraction of sp³-hybridized carbons (Fsp3) is 0.774. The fourth-order valence-corrected chi connectivity index (χ4v) is 9.93. The molecule has 204 valence electrons. The average Bonchev–Trinajstić information content (AvgIpc) is 3.47. The van der Waals surface area contributed by atoms with E-state index in [0.29, 0.717) is 47.7 Å². The minimum atomic E-state index is -0.237. The van der Waals surface area contributed by atoms with E-state index in [1.165, 1.54) is 25.7 Å². The number of fused-ring (bicyclic) bond motifs is 6. The zero-order valence-electron chi connectivity index (χ0n) is 22.7. The average molecular weight is 512 g/mol. The Kier molecular flexibility index (Phi) is 6.50. The van der Waals surface area contributed by atoms with Crippen molar-refractivity contribution in [2.45, 2.75) is 97.2 Å². The normalized spacial score (nSPS) is 42.9. The van der Waals surface area contributed by atoms with Gasteiger partial charge in [0.1, 0.15) is 0 Å². The first-order valence-electron chi connectivity index (χ1n) is 14.7. The standard InChI is InChI=1S/C31H45NO5/c1-18(4-9-28(35)32-20-5-8-26-27(16-20)37-17-36-26)22-6-7-23-29-24(11-13-31(22,23)3)30(2)12-10-21(33)14-19(30)15-25(29)34/h5,8,16,18-19,21-25,29,33-34H,4,6-7,9-15,17H2,1-3H3,(H,32,35)/t18-,19+,21-,22-,23+,24+,25+,29+,30+,31-/m0/s1. The molecule has 1 amide bonds. The van der Waals surface area contributed by atoms with Crippen molar-refractivity contribution in [3.63, 3.8) is 0 Å². The molecule has 4 fully saturated rings. The molecule has 6 heteroatoms. The number of rotatable bonds is 5. The molecule has 0 saturated heterocycles.